The van der Waals surface area contributed by atoms with Crippen LogP contribution in [0.3, 0.4) is 0 Å². The summed E-state index contributed by atoms with van der Waals surface area (Å²) < 4.78 is 0. The number of hydrogen-bond acceptors (Lipinski definition) is 0. The first-order chi connectivity index (χ1) is 7.71. The van der Waals surface area contributed by atoms with E-state index in [4.69, 9.17) is 0 Å². The van der Waals surface area contributed by atoms with Crippen LogP contribution in [-0.2, 0) is 17.3 Å². The smallest absolute Gasteiger partial charge is 0.0126 e. The Morgan fingerprint density at radius 1 is 0.941 bits per heavy atom. The van der Waals surface area contributed by atoms with E-state index >= 15 is 0 Å². The summed E-state index contributed by atoms with van der Waals surface area (Å²) >= 11 is 0. The minimum absolute atomic E-state index is 0.253. The van der Waals surface area contributed by atoms with Crippen LogP contribution in [0.4, 0.5) is 0 Å². The molecule has 1 aromatic carbocycles. The molecule has 0 nitrogen and oxygen atoms in total. The van der Waals surface area contributed by atoms with Crippen molar-refractivity contribution in [1.82, 2.24) is 0 Å². The van der Waals surface area contributed by atoms with Crippen LogP contribution in [0.15, 0.2) is 12.1 Å². The van der Waals surface area contributed by atoms with Crippen molar-refractivity contribution in [3.8, 4) is 0 Å². The lowest BCUT2D eigenvalue weighted by Crippen LogP contribution is -2.25. The average molecular weight is 248 g/mol. The van der Waals surface area contributed by atoms with Gasteiger partial charge in [0.1, 0.15) is 0 Å². The summed E-state index contributed by atoms with van der Waals surface area (Å²) in [5.74, 6) is 0. The van der Waals surface area contributed by atoms with Gasteiger partial charge in [-0.25, -0.2) is 0 Å². The fourth-order valence-electron chi connectivity index (χ4n) is 2.88. The molecule has 94 valence electrons. The molecule has 0 bridgehead atoms. The molecule has 1 heteroatoms. The Labute approximate surface area is 108 Å². The summed E-state index contributed by atoms with van der Waals surface area (Å²) in [6, 6.07) is 4.77. The van der Waals surface area contributed by atoms with E-state index in [0.29, 0.717) is 0 Å². The Morgan fingerprint density at radius 2 is 1.59 bits per heavy atom. The molecule has 1 aliphatic rings. The highest BCUT2D eigenvalue weighted by atomic mass is 31.1. The van der Waals surface area contributed by atoms with Gasteiger partial charge in [0.15, 0.2) is 0 Å². The van der Waals surface area contributed by atoms with Gasteiger partial charge in [-0.15, -0.1) is 0 Å². The number of rotatable bonds is 0. The molecule has 1 aliphatic heterocycles. The molecule has 1 aromatic rings. The summed E-state index contributed by atoms with van der Waals surface area (Å²) in [5.41, 5.74) is 5.37. The van der Waals surface area contributed by atoms with Gasteiger partial charge in [-0.2, -0.15) is 0 Å². The van der Waals surface area contributed by atoms with Crippen LogP contribution in [0.1, 0.15) is 58.2 Å². The topological polar surface area (TPSA) is 0 Å². The molecule has 0 aromatic heterocycles. The van der Waals surface area contributed by atoms with Crippen LogP contribution in [0.5, 0.6) is 0 Å². The molecule has 1 atom stereocenters. The van der Waals surface area contributed by atoms with E-state index in [2.05, 4.69) is 53.7 Å². The second kappa shape index (κ2) is 4.09. The Kier molecular flexibility index (Phi) is 3.15. The highest BCUT2D eigenvalue weighted by Gasteiger charge is 2.30. The van der Waals surface area contributed by atoms with Gasteiger partial charge >= 0.3 is 0 Å². The standard InChI is InChI=1S/C16H25P/c1-15(2,3)12-7-8-13-11(9-10-17-13)14(12)16(4,5)6/h7-8,17H,9-10H2,1-6H3. The van der Waals surface area contributed by atoms with E-state index in [1.165, 1.54) is 12.6 Å². The molecule has 0 saturated heterocycles. The van der Waals surface area contributed by atoms with Gasteiger partial charge in [-0.1, -0.05) is 62.3 Å². The highest BCUT2D eigenvalue weighted by molar-refractivity contribution is 7.47. The van der Waals surface area contributed by atoms with E-state index in [0.717, 1.165) is 8.58 Å². The van der Waals surface area contributed by atoms with Gasteiger partial charge in [-0.3, -0.25) is 0 Å². The molecule has 0 radical (unpaired) electrons. The van der Waals surface area contributed by atoms with Crippen LogP contribution in [-0.4, -0.2) is 6.16 Å². The maximum absolute atomic E-state index is 2.39. The monoisotopic (exact) mass is 248 g/mol. The molecule has 0 saturated carbocycles. The highest BCUT2D eigenvalue weighted by Crippen LogP contribution is 2.39. The van der Waals surface area contributed by atoms with Crippen molar-refractivity contribution in [3.63, 3.8) is 0 Å². The van der Waals surface area contributed by atoms with E-state index < -0.39 is 0 Å². The third-order valence-electron chi connectivity index (χ3n) is 3.56. The predicted octanol–water partition coefficient (Wildman–Crippen LogP) is 4.14. The van der Waals surface area contributed by atoms with E-state index in [9.17, 15) is 0 Å². The first-order valence-electron chi connectivity index (χ1n) is 6.62. The van der Waals surface area contributed by atoms with Crippen molar-refractivity contribution in [2.24, 2.45) is 0 Å². The summed E-state index contributed by atoms with van der Waals surface area (Å²) in [4.78, 5) is 0. The van der Waals surface area contributed by atoms with Crippen LogP contribution in [0.25, 0.3) is 0 Å². The summed E-state index contributed by atoms with van der Waals surface area (Å²) in [5, 5.41) is 1.63. The molecule has 1 heterocycles. The lowest BCUT2D eigenvalue weighted by molar-refractivity contribution is 0.526. The van der Waals surface area contributed by atoms with Gasteiger partial charge < -0.3 is 0 Å². The summed E-state index contributed by atoms with van der Waals surface area (Å²) in [6.45, 7) is 14.1. The van der Waals surface area contributed by atoms with E-state index in [1.807, 2.05) is 0 Å². The zero-order valence-corrected chi connectivity index (χ0v) is 13.1. The van der Waals surface area contributed by atoms with Crippen LogP contribution < -0.4 is 5.30 Å². The molecule has 2 rings (SSSR count). The van der Waals surface area contributed by atoms with Crippen molar-refractivity contribution >= 4 is 13.9 Å². The van der Waals surface area contributed by atoms with Crippen LogP contribution in [0.2, 0.25) is 0 Å². The lowest BCUT2D eigenvalue weighted by Gasteiger charge is -2.32. The second-order valence-electron chi connectivity index (χ2n) is 7.19. The van der Waals surface area contributed by atoms with Crippen molar-refractivity contribution < 1.29 is 0 Å². The largest absolute Gasteiger partial charge is 0.0898 e. The molecule has 1 unspecified atom stereocenters. The number of hydrogen-bond donors (Lipinski definition) is 0. The quantitative estimate of drug-likeness (QED) is 0.605. The van der Waals surface area contributed by atoms with Gasteiger partial charge in [0.05, 0.1) is 0 Å². The van der Waals surface area contributed by atoms with Gasteiger partial charge in [0.25, 0.3) is 0 Å². The lowest BCUT2D eigenvalue weighted by atomic mass is 9.73. The summed E-state index contributed by atoms with van der Waals surface area (Å²) in [6.07, 6.45) is 2.66. The molecular formula is C16H25P. The van der Waals surface area contributed by atoms with E-state index in [1.54, 1.807) is 22.0 Å². The minimum Gasteiger partial charge on any atom is -0.0898 e. The first kappa shape index (κ1) is 13.1. The van der Waals surface area contributed by atoms with Crippen molar-refractivity contribution in [2.75, 3.05) is 6.16 Å². The van der Waals surface area contributed by atoms with Crippen LogP contribution >= 0.6 is 8.58 Å². The Morgan fingerprint density at radius 3 is 2.12 bits per heavy atom. The fraction of sp³-hybridized carbons (Fsp3) is 0.625. The number of benzene rings is 1. The molecule has 0 spiro atoms. The molecule has 0 N–H and O–H groups in total. The Balaban J connectivity index is 2.70. The average Bonchev–Trinajstić information content (AvgIpc) is 2.59. The summed E-state index contributed by atoms with van der Waals surface area (Å²) in [7, 11) is 1.03. The zero-order chi connectivity index (χ0) is 12.8. The van der Waals surface area contributed by atoms with E-state index in [-0.39, 0.29) is 10.8 Å². The molecule has 17 heavy (non-hydrogen) atoms. The molecule has 0 amide bonds. The number of fused-ring (bicyclic) bond motifs is 1. The zero-order valence-electron chi connectivity index (χ0n) is 12.1. The minimum atomic E-state index is 0.253. The van der Waals surface area contributed by atoms with Gasteiger partial charge in [-0.05, 0) is 45.4 Å². The molecule has 0 aliphatic carbocycles. The first-order valence-corrected chi connectivity index (χ1v) is 7.82. The second-order valence-corrected chi connectivity index (χ2v) is 8.58. The fourth-order valence-corrected chi connectivity index (χ4v) is 4.19. The Bertz CT molecular complexity index is 430. The molecule has 0 fully saturated rings. The predicted molar refractivity (Wildman–Crippen MR) is 80.4 cm³/mol. The third kappa shape index (κ3) is 2.43. The SMILES string of the molecule is CC(C)(C)c1ccc2c(c1C(C)(C)C)CCP2. The van der Waals surface area contributed by atoms with Crippen LogP contribution in [0, 0.1) is 0 Å². The van der Waals surface area contributed by atoms with Gasteiger partial charge in [0, 0.05) is 0 Å². The van der Waals surface area contributed by atoms with Gasteiger partial charge in [0.2, 0.25) is 0 Å². The normalized spacial score (nSPS) is 17.5. The molecular weight excluding hydrogens is 223 g/mol. The van der Waals surface area contributed by atoms with Crippen molar-refractivity contribution in [2.45, 2.75) is 58.8 Å². The Hall–Kier alpha value is -0.350. The maximum atomic E-state index is 2.39. The maximum Gasteiger partial charge on any atom is -0.0126 e. The third-order valence-corrected chi connectivity index (χ3v) is 4.91. The van der Waals surface area contributed by atoms with Crippen molar-refractivity contribution in [3.05, 3.63) is 28.8 Å². The van der Waals surface area contributed by atoms with Crippen molar-refractivity contribution in [1.29, 1.82) is 0 Å².